The molecule has 2 aromatic carbocycles. The van der Waals surface area contributed by atoms with Crippen molar-refractivity contribution in [1.82, 2.24) is 15.1 Å². The number of carbonyl (C=O) groups excluding carboxylic acids is 1. The van der Waals surface area contributed by atoms with Gasteiger partial charge in [0.2, 0.25) is 5.91 Å². The summed E-state index contributed by atoms with van der Waals surface area (Å²) < 4.78 is 19.6. The largest absolute Gasteiger partial charge is 0.365 e. The summed E-state index contributed by atoms with van der Waals surface area (Å²) in [7, 11) is 0. The molecule has 5 nitrogen and oxygen atoms in total. The molecule has 182 valence electrons. The average molecular weight is 486 g/mol. The van der Waals surface area contributed by atoms with Gasteiger partial charge in [-0.05, 0) is 74.0 Å². The highest BCUT2D eigenvalue weighted by atomic mass is 35.5. The molecule has 0 bridgehead atoms. The molecular weight excluding hydrogens is 453 g/mol. The standard InChI is InChI=1S/C27H33ClFN3O2/c28-24-17-22(29)9-8-20(24)18-32-14-3-7-25(32)26(33)30-12-4-13-31-15-10-27(11-16-31)23-6-2-1-5-21(23)19-34-27/h1-2,5-6,8-9,17,25H,3-4,7,10-16,18-19H2,(H,30,33)/t25-/m1/s1. The molecule has 7 heteroatoms. The Kier molecular flexibility index (Phi) is 7.21. The van der Waals surface area contributed by atoms with Gasteiger partial charge < -0.3 is 15.0 Å². The van der Waals surface area contributed by atoms with Crippen molar-refractivity contribution in [2.75, 3.05) is 32.7 Å². The number of rotatable bonds is 7. The fourth-order valence-corrected chi connectivity index (χ4v) is 5.98. The minimum absolute atomic E-state index is 0.0873. The fourth-order valence-electron chi connectivity index (χ4n) is 5.75. The summed E-state index contributed by atoms with van der Waals surface area (Å²) in [6.45, 7) is 5.87. The molecule has 1 atom stereocenters. The summed E-state index contributed by atoms with van der Waals surface area (Å²) in [6, 6.07) is 12.9. The number of amides is 1. The first kappa shape index (κ1) is 23.7. The Hall–Kier alpha value is -1.99. The number of piperidine rings is 1. The molecule has 0 saturated carbocycles. The highest BCUT2D eigenvalue weighted by molar-refractivity contribution is 6.31. The van der Waals surface area contributed by atoms with Crippen LogP contribution in [0.2, 0.25) is 5.02 Å². The number of ether oxygens (including phenoxy) is 1. The van der Waals surface area contributed by atoms with Crippen LogP contribution in [0.4, 0.5) is 4.39 Å². The van der Waals surface area contributed by atoms with Crippen LogP contribution in [0.1, 0.15) is 48.8 Å². The zero-order chi connectivity index (χ0) is 23.5. The summed E-state index contributed by atoms with van der Waals surface area (Å²) in [5.74, 6) is -0.252. The smallest absolute Gasteiger partial charge is 0.237 e. The van der Waals surface area contributed by atoms with Gasteiger partial charge in [0.25, 0.3) is 0 Å². The van der Waals surface area contributed by atoms with E-state index in [0.29, 0.717) is 18.1 Å². The lowest BCUT2D eigenvalue weighted by atomic mass is 9.84. The first-order valence-electron chi connectivity index (χ1n) is 12.4. The SMILES string of the molecule is O=C(NCCCN1CCC2(CC1)OCc1ccccc12)[C@H]1CCCN1Cc1ccc(F)cc1Cl. The van der Waals surface area contributed by atoms with Crippen LogP contribution in [0.5, 0.6) is 0 Å². The summed E-state index contributed by atoms with van der Waals surface area (Å²) in [5, 5.41) is 3.56. The van der Waals surface area contributed by atoms with Crippen molar-refractivity contribution in [3.8, 4) is 0 Å². The van der Waals surface area contributed by atoms with Gasteiger partial charge in [-0.25, -0.2) is 4.39 Å². The molecular formula is C27H33ClFN3O2. The van der Waals surface area contributed by atoms with Gasteiger partial charge in [0.1, 0.15) is 5.82 Å². The van der Waals surface area contributed by atoms with E-state index in [4.69, 9.17) is 16.3 Å². The van der Waals surface area contributed by atoms with Crippen molar-refractivity contribution in [2.24, 2.45) is 0 Å². The molecule has 0 unspecified atom stereocenters. The first-order valence-corrected chi connectivity index (χ1v) is 12.8. The van der Waals surface area contributed by atoms with Gasteiger partial charge in [-0.2, -0.15) is 0 Å². The lowest BCUT2D eigenvalue weighted by Gasteiger charge is -2.39. The zero-order valence-corrected chi connectivity index (χ0v) is 20.3. The zero-order valence-electron chi connectivity index (χ0n) is 19.6. The molecule has 5 rings (SSSR count). The maximum Gasteiger partial charge on any atom is 0.237 e. The van der Waals surface area contributed by atoms with Crippen LogP contribution in [0, 0.1) is 5.82 Å². The van der Waals surface area contributed by atoms with E-state index in [-0.39, 0.29) is 23.4 Å². The Morgan fingerprint density at radius 1 is 1.18 bits per heavy atom. The monoisotopic (exact) mass is 485 g/mol. The van der Waals surface area contributed by atoms with Crippen LogP contribution < -0.4 is 5.32 Å². The van der Waals surface area contributed by atoms with E-state index < -0.39 is 0 Å². The Balaban J connectivity index is 1.05. The number of benzene rings is 2. The number of nitrogens with one attached hydrogen (secondary N) is 1. The second-order valence-corrected chi connectivity index (χ2v) is 10.2. The quantitative estimate of drug-likeness (QED) is 0.588. The highest BCUT2D eigenvalue weighted by Gasteiger charge is 2.42. The van der Waals surface area contributed by atoms with E-state index in [1.165, 1.54) is 23.3 Å². The number of carbonyl (C=O) groups is 1. The molecule has 1 N–H and O–H groups in total. The van der Waals surface area contributed by atoms with Crippen molar-refractivity contribution >= 4 is 17.5 Å². The third-order valence-electron chi connectivity index (χ3n) is 7.68. The minimum Gasteiger partial charge on any atom is -0.365 e. The molecule has 3 aliphatic rings. The number of hydrogen-bond donors (Lipinski definition) is 1. The number of likely N-dealkylation sites (tertiary alicyclic amines) is 2. The summed E-state index contributed by atoms with van der Waals surface area (Å²) >= 11 is 6.20. The van der Waals surface area contributed by atoms with Gasteiger partial charge in [0.15, 0.2) is 0 Å². The molecule has 0 radical (unpaired) electrons. The number of nitrogens with zero attached hydrogens (tertiary/aromatic N) is 2. The Morgan fingerprint density at radius 3 is 2.82 bits per heavy atom. The first-order chi connectivity index (χ1) is 16.5. The van der Waals surface area contributed by atoms with E-state index in [1.54, 1.807) is 6.07 Å². The van der Waals surface area contributed by atoms with Crippen LogP contribution in [0.3, 0.4) is 0 Å². The number of halogens is 2. The molecule has 2 fully saturated rings. The van der Waals surface area contributed by atoms with Crippen LogP contribution in [-0.4, -0.2) is 54.5 Å². The minimum atomic E-state index is -0.339. The van der Waals surface area contributed by atoms with Crippen molar-refractivity contribution in [1.29, 1.82) is 0 Å². The lowest BCUT2D eigenvalue weighted by molar-refractivity contribution is -0.125. The van der Waals surface area contributed by atoms with E-state index in [1.807, 2.05) is 0 Å². The Labute approximate surface area is 206 Å². The van der Waals surface area contributed by atoms with Gasteiger partial charge in [-0.3, -0.25) is 9.69 Å². The van der Waals surface area contributed by atoms with Crippen LogP contribution in [0.25, 0.3) is 0 Å². The molecule has 0 aliphatic carbocycles. The predicted octanol–water partition coefficient (Wildman–Crippen LogP) is 4.47. The van der Waals surface area contributed by atoms with Gasteiger partial charge in [0, 0.05) is 31.2 Å². The molecule has 34 heavy (non-hydrogen) atoms. The maximum absolute atomic E-state index is 13.3. The molecule has 0 aromatic heterocycles. The third kappa shape index (κ3) is 5.01. The second kappa shape index (κ2) is 10.3. The summed E-state index contributed by atoms with van der Waals surface area (Å²) in [4.78, 5) is 17.5. The summed E-state index contributed by atoms with van der Waals surface area (Å²) in [6.07, 6.45) is 4.82. The summed E-state index contributed by atoms with van der Waals surface area (Å²) in [5.41, 5.74) is 3.48. The van der Waals surface area contributed by atoms with Crippen molar-refractivity contribution < 1.29 is 13.9 Å². The Bertz CT molecular complexity index is 1020. The molecule has 3 heterocycles. The molecule has 2 saturated heterocycles. The van der Waals surface area contributed by atoms with E-state index in [2.05, 4.69) is 39.4 Å². The topological polar surface area (TPSA) is 44.8 Å². The van der Waals surface area contributed by atoms with Crippen molar-refractivity contribution in [3.05, 3.63) is 70.0 Å². The van der Waals surface area contributed by atoms with E-state index in [9.17, 15) is 9.18 Å². The predicted molar refractivity (Wildman–Crippen MR) is 131 cm³/mol. The van der Waals surface area contributed by atoms with E-state index in [0.717, 1.165) is 70.5 Å². The van der Waals surface area contributed by atoms with Gasteiger partial charge in [-0.1, -0.05) is 41.9 Å². The van der Waals surface area contributed by atoms with Gasteiger partial charge >= 0.3 is 0 Å². The van der Waals surface area contributed by atoms with Crippen LogP contribution in [0.15, 0.2) is 42.5 Å². The fraction of sp³-hybridized carbons (Fsp3) is 0.519. The highest BCUT2D eigenvalue weighted by Crippen LogP contribution is 2.43. The maximum atomic E-state index is 13.3. The van der Waals surface area contributed by atoms with Gasteiger partial charge in [0.05, 0.1) is 18.2 Å². The lowest BCUT2D eigenvalue weighted by Crippen LogP contribution is -2.45. The van der Waals surface area contributed by atoms with Gasteiger partial charge in [-0.15, -0.1) is 0 Å². The molecule has 2 aromatic rings. The number of hydrogen-bond acceptors (Lipinski definition) is 4. The third-order valence-corrected chi connectivity index (χ3v) is 8.03. The number of fused-ring (bicyclic) bond motifs is 2. The Morgan fingerprint density at radius 2 is 2.00 bits per heavy atom. The van der Waals surface area contributed by atoms with Crippen LogP contribution in [-0.2, 0) is 28.3 Å². The normalized spacial score (nSPS) is 22.2. The van der Waals surface area contributed by atoms with Crippen molar-refractivity contribution in [3.63, 3.8) is 0 Å². The molecule has 1 spiro atoms. The molecule has 1 amide bonds. The average Bonchev–Trinajstić information content (AvgIpc) is 3.45. The second-order valence-electron chi connectivity index (χ2n) is 9.79. The van der Waals surface area contributed by atoms with Crippen molar-refractivity contribution in [2.45, 2.75) is 56.9 Å². The molecule has 3 aliphatic heterocycles. The van der Waals surface area contributed by atoms with E-state index >= 15 is 0 Å². The van der Waals surface area contributed by atoms with Crippen LogP contribution >= 0.6 is 11.6 Å².